The molecule has 0 aliphatic rings. The van der Waals surface area contributed by atoms with Crippen molar-refractivity contribution in [2.45, 2.75) is 0 Å². The van der Waals surface area contributed by atoms with Gasteiger partial charge in [-0.25, -0.2) is 15.8 Å². The second kappa shape index (κ2) is 5.87. The summed E-state index contributed by atoms with van der Waals surface area (Å²) < 4.78 is 10.4. The Balaban J connectivity index is 2.32. The van der Waals surface area contributed by atoms with Crippen LogP contribution in [-0.2, 0) is 0 Å². The highest BCUT2D eigenvalue weighted by Crippen LogP contribution is 2.31. The van der Waals surface area contributed by atoms with E-state index < -0.39 is 0 Å². The van der Waals surface area contributed by atoms with Crippen molar-refractivity contribution in [3.63, 3.8) is 0 Å². The summed E-state index contributed by atoms with van der Waals surface area (Å²) in [5, 5.41) is 3.12. The van der Waals surface area contributed by atoms with Crippen LogP contribution in [0.5, 0.6) is 11.5 Å². The van der Waals surface area contributed by atoms with Crippen molar-refractivity contribution in [2.75, 3.05) is 25.0 Å². The Morgan fingerprint density at radius 3 is 2.58 bits per heavy atom. The fourth-order valence-corrected chi connectivity index (χ4v) is 1.60. The third-order valence-electron chi connectivity index (χ3n) is 2.48. The van der Waals surface area contributed by atoms with Crippen LogP contribution in [0.2, 0.25) is 0 Å². The third kappa shape index (κ3) is 2.83. The number of hydrogen-bond acceptors (Lipinski definition) is 7. The zero-order valence-corrected chi connectivity index (χ0v) is 10.7. The molecular weight excluding hydrogens is 246 g/mol. The molecule has 0 saturated heterocycles. The maximum atomic E-state index is 5.37. The molecule has 0 aliphatic carbocycles. The smallest absolute Gasteiger partial charge is 0.205 e. The lowest BCUT2D eigenvalue weighted by molar-refractivity contribution is 0.414. The second-order valence-corrected chi connectivity index (χ2v) is 3.61. The Morgan fingerprint density at radius 2 is 1.89 bits per heavy atom. The van der Waals surface area contributed by atoms with Crippen LogP contribution in [0.15, 0.2) is 30.6 Å². The van der Waals surface area contributed by atoms with Crippen LogP contribution >= 0.6 is 0 Å². The number of nitrogens with two attached hydrogens (primary N) is 1. The highest BCUT2D eigenvalue weighted by Gasteiger charge is 2.11. The Hall–Kier alpha value is -2.54. The van der Waals surface area contributed by atoms with Gasteiger partial charge in [0.25, 0.3) is 0 Å². The van der Waals surface area contributed by atoms with E-state index in [9.17, 15) is 0 Å². The average Bonchev–Trinajstić information content (AvgIpc) is 2.47. The fourth-order valence-electron chi connectivity index (χ4n) is 1.60. The van der Waals surface area contributed by atoms with Crippen molar-refractivity contribution in [1.82, 2.24) is 9.97 Å². The van der Waals surface area contributed by atoms with E-state index in [2.05, 4.69) is 20.7 Å². The van der Waals surface area contributed by atoms with Crippen LogP contribution in [0.1, 0.15) is 0 Å². The van der Waals surface area contributed by atoms with Crippen molar-refractivity contribution in [3.8, 4) is 11.5 Å². The quantitative estimate of drug-likeness (QED) is 0.555. The predicted octanol–water partition coefficient (Wildman–Crippen LogP) is 1.52. The van der Waals surface area contributed by atoms with Gasteiger partial charge < -0.3 is 20.2 Å². The molecule has 2 rings (SSSR count). The molecule has 0 spiro atoms. The van der Waals surface area contributed by atoms with Gasteiger partial charge in [0.2, 0.25) is 5.75 Å². The van der Waals surface area contributed by atoms with Crippen LogP contribution in [0.4, 0.5) is 17.3 Å². The number of hydrazine groups is 1. The maximum absolute atomic E-state index is 5.37. The molecule has 1 aromatic carbocycles. The summed E-state index contributed by atoms with van der Waals surface area (Å²) in [5.74, 6) is 7.47. The summed E-state index contributed by atoms with van der Waals surface area (Å²) >= 11 is 0. The molecule has 0 unspecified atom stereocenters. The molecule has 1 heterocycles. The van der Waals surface area contributed by atoms with E-state index in [1.54, 1.807) is 7.11 Å². The number of nitrogen functional groups attached to an aromatic ring is 1. The molecule has 1 aromatic heterocycles. The lowest BCUT2D eigenvalue weighted by Gasteiger charge is -2.12. The Kier molecular flexibility index (Phi) is 3.99. The number of nitrogens with one attached hydrogen (secondary N) is 2. The summed E-state index contributed by atoms with van der Waals surface area (Å²) in [7, 11) is 3.14. The molecule has 0 fully saturated rings. The molecule has 0 amide bonds. The minimum Gasteiger partial charge on any atom is -0.497 e. The van der Waals surface area contributed by atoms with Crippen LogP contribution in [-0.4, -0.2) is 24.2 Å². The number of anilines is 3. The standard InChI is InChI=1S/C12H15N5O2/c1-18-9-5-3-4-8(6-9)16-11-10(19-2)12(17-13)15-7-14-11/h3-7H,13H2,1-2H3,(H2,14,15,16,17). The zero-order chi connectivity index (χ0) is 13.7. The molecular formula is C12H15N5O2. The molecule has 100 valence electrons. The summed E-state index contributed by atoms with van der Waals surface area (Å²) in [4.78, 5) is 8.09. The molecule has 19 heavy (non-hydrogen) atoms. The summed E-state index contributed by atoms with van der Waals surface area (Å²) in [6.45, 7) is 0. The summed E-state index contributed by atoms with van der Waals surface area (Å²) in [6, 6.07) is 7.46. The number of aromatic nitrogens is 2. The highest BCUT2D eigenvalue weighted by atomic mass is 16.5. The Labute approximate surface area is 110 Å². The zero-order valence-electron chi connectivity index (χ0n) is 10.7. The Bertz CT molecular complexity index is 562. The number of methoxy groups -OCH3 is 2. The number of hydrogen-bond donors (Lipinski definition) is 3. The number of rotatable bonds is 5. The third-order valence-corrected chi connectivity index (χ3v) is 2.48. The monoisotopic (exact) mass is 261 g/mol. The van der Waals surface area contributed by atoms with E-state index in [4.69, 9.17) is 15.3 Å². The van der Waals surface area contributed by atoms with Gasteiger partial charge in [-0.3, -0.25) is 0 Å². The number of benzene rings is 1. The largest absolute Gasteiger partial charge is 0.497 e. The van der Waals surface area contributed by atoms with Crippen molar-refractivity contribution >= 4 is 17.3 Å². The van der Waals surface area contributed by atoms with Gasteiger partial charge in [0.05, 0.1) is 14.2 Å². The molecule has 0 aliphatic heterocycles. The van der Waals surface area contributed by atoms with Crippen LogP contribution in [0.25, 0.3) is 0 Å². The maximum Gasteiger partial charge on any atom is 0.205 e. The normalized spacial score (nSPS) is 9.84. The molecule has 0 radical (unpaired) electrons. The SMILES string of the molecule is COc1cccc(Nc2ncnc(NN)c2OC)c1. The molecule has 0 saturated carbocycles. The first-order chi connectivity index (χ1) is 9.28. The number of nitrogens with zero attached hydrogens (tertiary/aromatic N) is 2. The number of ether oxygens (including phenoxy) is 2. The van der Waals surface area contributed by atoms with E-state index in [1.165, 1.54) is 13.4 Å². The van der Waals surface area contributed by atoms with Gasteiger partial charge in [-0.05, 0) is 12.1 Å². The molecule has 0 bridgehead atoms. The van der Waals surface area contributed by atoms with Gasteiger partial charge >= 0.3 is 0 Å². The van der Waals surface area contributed by atoms with Gasteiger partial charge in [0.15, 0.2) is 11.6 Å². The first kappa shape index (κ1) is 12.9. The predicted molar refractivity (Wildman–Crippen MR) is 72.7 cm³/mol. The fraction of sp³-hybridized carbons (Fsp3) is 0.167. The minimum absolute atomic E-state index is 0.405. The lowest BCUT2D eigenvalue weighted by atomic mass is 10.3. The van der Waals surface area contributed by atoms with Crippen molar-refractivity contribution in [2.24, 2.45) is 5.84 Å². The van der Waals surface area contributed by atoms with Crippen molar-refractivity contribution in [3.05, 3.63) is 30.6 Å². The average molecular weight is 261 g/mol. The van der Waals surface area contributed by atoms with E-state index in [0.29, 0.717) is 17.4 Å². The molecule has 2 aromatic rings. The van der Waals surface area contributed by atoms with Crippen LogP contribution in [0, 0.1) is 0 Å². The minimum atomic E-state index is 0.405. The van der Waals surface area contributed by atoms with Crippen LogP contribution in [0.3, 0.4) is 0 Å². The van der Waals surface area contributed by atoms with Crippen LogP contribution < -0.4 is 26.1 Å². The van der Waals surface area contributed by atoms with E-state index >= 15 is 0 Å². The van der Waals surface area contributed by atoms with Crippen molar-refractivity contribution in [1.29, 1.82) is 0 Å². The van der Waals surface area contributed by atoms with E-state index in [1.807, 2.05) is 24.3 Å². The topological polar surface area (TPSA) is 94.3 Å². The first-order valence-corrected chi connectivity index (χ1v) is 5.55. The Morgan fingerprint density at radius 1 is 1.11 bits per heavy atom. The van der Waals surface area contributed by atoms with Gasteiger partial charge in [0, 0.05) is 11.8 Å². The molecule has 7 nitrogen and oxygen atoms in total. The van der Waals surface area contributed by atoms with E-state index in [-0.39, 0.29) is 0 Å². The van der Waals surface area contributed by atoms with Gasteiger partial charge in [-0.1, -0.05) is 6.07 Å². The second-order valence-electron chi connectivity index (χ2n) is 3.61. The van der Waals surface area contributed by atoms with Gasteiger partial charge in [-0.15, -0.1) is 0 Å². The lowest BCUT2D eigenvalue weighted by Crippen LogP contribution is -2.11. The summed E-state index contributed by atoms with van der Waals surface area (Å²) in [6.07, 6.45) is 1.39. The first-order valence-electron chi connectivity index (χ1n) is 5.55. The molecule has 7 heteroatoms. The van der Waals surface area contributed by atoms with Gasteiger partial charge in [0.1, 0.15) is 12.1 Å². The van der Waals surface area contributed by atoms with Crippen molar-refractivity contribution < 1.29 is 9.47 Å². The van der Waals surface area contributed by atoms with Gasteiger partial charge in [-0.2, -0.15) is 0 Å². The highest BCUT2D eigenvalue weighted by molar-refractivity contribution is 5.69. The molecule has 0 atom stereocenters. The van der Waals surface area contributed by atoms with E-state index in [0.717, 1.165) is 11.4 Å². The molecule has 4 N–H and O–H groups in total. The summed E-state index contributed by atoms with van der Waals surface area (Å²) in [5.41, 5.74) is 3.27.